The summed E-state index contributed by atoms with van der Waals surface area (Å²) >= 11 is 0. The number of rotatable bonds is 8. The van der Waals surface area contributed by atoms with Crippen molar-refractivity contribution < 1.29 is 33.6 Å². The van der Waals surface area contributed by atoms with Crippen LogP contribution in [0.15, 0.2) is 9.59 Å². The van der Waals surface area contributed by atoms with Crippen molar-refractivity contribution in [3.05, 3.63) is 26.7 Å². The molecule has 3 fully saturated rings. The number of aliphatic hydroxyl groups is 1. The fourth-order valence-corrected chi connectivity index (χ4v) is 6.65. The molecule has 220 valence electrons. The second-order valence-corrected chi connectivity index (χ2v) is 10.9. The van der Waals surface area contributed by atoms with Crippen molar-refractivity contribution >= 4 is 23.1 Å². The average molecular weight is 563 g/mol. The Morgan fingerprint density at radius 3 is 2.12 bits per heavy atom. The van der Waals surface area contributed by atoms with Crippen molar-refractivity contribution in [2.24, 2.45) is 11.8 Å². The molecule has 5 heterocycles. The fourth-order valence-electron chi connectivity index (χ4n) is 6.65. The van der Waals surface area contributed by atoms with Crippen LogP contribution in [0, 0.1) is 11.8 Å². The lowest BCUT2D eigenvalue weighted by molar-refractivity contribution is -0.156. The molecule has 1 N–H and O–H groups in total. The maximum atomic E-state index is 13.9. The normalized spacial score (nSPS) is 30.0. The highest BCUT2D eigenvalue weighted by atomic mass is 16.6. The van der Waals surface area contributed by atoms with E-state index < -0.39 is 59.1 Å². The summed E-state index contributed by atoms with van der Waals surface area (Å²) in [4.78, 5) is 57.6. The van der Waals surface area contributed by atoms with Gasteiger partial charge in [-0.1, -0.05) is 13.8 Å². The van der Waals surface area contributed by atoms with Crippen LogP contribution in [0.1, 0.15) is 70.8 Å². The van der Waals surface area contributed by atoms with E-state index in [9.17, 15) is 24.3 Å². The molecule has 0 saturated carbocycles. The Morgan fingerprint density at radius 1 is 1.00 bits per heavy atom. The monoisotopic (exact) mass is 562 g/mol. The quantitative estimate of drug-likeness (QED) is 0.465. The Hall–Kier alpha value is -3.03. The number of methoxy groups -OCH3 is 2. The summed E-state index contributed by atoms with van der Waals surface area (Å²) in [5, 5.41) is 12.3. The van der Waals surface area contributed by atoms with Crippen molar-refractivity contribution in [3.8, 4) is 0 Å². The second kappa shape index (κ2) is 11.1. The van der Waals surface area contributed by atoms with Crippen LogP contribution in [0.3, 0.4) is 0 Å². The number of carbonyl (C=O) groups excluding carboxylic acids is 2. The van der Waals surface area contributed by atoms with Gasteiger partial charge in [-0.25, -0.2) is 9.78 Å². The molecule has 0 spiro atoms. The molecular weight excluding hydrogens is 524 g/mol. The SMILES string of the molecule is CCCn1c(=O)c2c(nc(C3(O)CC4OC(C3)C(C(=O)OC)C4C(=O)OC)n2C2CCCCO2)n(CCC)c1=O. The van der Waals surface area contributed by atoms with Crippen LogP contribution in [-0.4, -0.2) is 68.8 Å². The summed E-state index contributed by atoms with van der Waals surface area (Å²) in [5.41, 5.74) is -2.24. The van der Waals surface area contributed by atoms with Gasteiger partial charge in [-0.15, -0.1) is 0 Å². The minimum absolute atomic E-state index is 0.0754. The van der Waals surface area contributed by atoms with E-state index in [2.05, 4.69) is 0 Å². The van der Waals surface area contributed by atoms with Crippen LogP contribution in [-0.2, 0) is 47.2 Å². The van der Waals surface area contributed by atoms with E-state index in [4.69, 9.17) is 23.9 Å². The van der Waals surface area contributed by atoms with Crippen molar-refractivity contribution in [2.45, 2.75) is 95.9 Å². The number of hydrogen-bond donors (Lipinski definition) is 1. The van der Waals surface area contributed by atoms with Gasteiger partial charge in [0.2, 0.25) is 0 Å². The highest BCUT2D eigenvalue weighted by Crippen LogP contribution is 2.50. The number of aromatic nitrogens is 4. The summed E-state index contributed by atoms with van der Waals surface area (Å²) in [6, 6.07) is 0. The summed E-state index contributed by atoms with van der Waals surface area (Å²) in [6.07, 6.45) is 1.09. The molecule has 0 amide bonds. The molecule has 3 aliphatic rings. The highest BCUT2D eigenvalue weighted by molar-refractivity contribution is 5.84. The Bertz CT molecular complexity index is 1370. The van der Waals surface area contributed by atoms with Crippen LogP contribution in [0.25, 0.3) is 11.2 Å². The molecule has 2 aromatic rings. The first-order chi connectivity index (χ1) is 19.2. The van der Waals surface area contributed by atoms with Gasteiger partial charge in [0.05, 0.1) is 38.3 Å². The Morgan fingerprint density at radius 2 is 1.60 bits per heavy atom. The van der Waals surface area contributed by atoms with E-state index in [-0.39, 0.29) is 36.4 Å². The Kier molecular flexibility index (Phi) is 7.90. The zero-order valence-corrected chi connectivity index (χ0v) is 23.5. The van der Waals surface area contributed by atoms with Gasteiger partial charge < -0.3 is 24.1 Å². The number of fused-ring (bicyclic) bond motifs is 3. The van der Waals surface area contributed by atoms with E-state index in [0.717, 1.165) is 12.8 Å². The van der Waals surface area contributed by atoms with Crippen LogP contribution >= 0.6 is 0 Å². The zero-order valence-electron chi connectivity index (χ0n) is 23.5. The van der Waals surface area contributed by atoms with Gasteiger partial charge >= 0.3 is 17.6 Å². The number of nitrogens with zero attached hydrogens (tertiary/aromatic N) is 4. The molecule has 0 aromatic carbocycles. The van der Waals surface area contributed by atoms with Crippen LogP contribution in [0.2, 0.25) is 0 Å². The predicted octanol–water partition coefficient (Wildman–Crippen LogP) is 1.21. The largest absolute Gasteiger partial charge is 0.469 e. The Balaban J connectivity index is 1.74. The van der Waals surface area contributed by atoms with E-state index in [1.165, 1.54) is 23.4 Å². The summed E-state index contributed by atoms with van der Waals surface area (Å²) in [7, 11) is 2.47. The third-order valence-electron chi connectivity index (χ3n) is 8.37. The number of esters is 2. The molecule has 5 unspecified atom stereocenters. The minimum atomic E-state index is -1.70. The van der Waals surface area contributed by atoms with Gasteiger partial charge in [-0.05, 0) is 32.1 Å². The van der Waals surface area contributed by atoms with Crippen LogP contribution in [0.5, 0.6) is 0 Å². The predicted molar refractivity (Wildman–Crippen MR) is 140 cm³/mol. The molecule has 13 heteroatoms. The van der Waals surface area contributed by atoms with Crippen molar-refractivity contribution in [1.82, 2.24) is 18.7 Å². The van der Waals surface area contributed by atoms with E-state index in [1.54, 1.807) is 4.57 Å². The number of hydrogen-bond acceptors (Lipinski definition) is 10. The van der Waals surface area contributed by atoms with E-state index >= 15 is 0 Å². The third-order valence-corrected chi connectivity index (χ3v) is 8.37. The summed E-state index contributed by atoms with van der Waals surface area (Å²) < 4.78 is 26.5. The molecule has 3 aliphatic heterocycles. The number of imidazole rings is 1. The molecule has 3 saturated heterocycles. The number of carbonyl (C=O) groups is 2. The standard InChI is InChI=1S/C27H38N4O9/c1-5-10-29-21-20(22(32)30(11-6-2)26(29)35)31(17-9-7-8-12-39-17)25(28-21)27(36)13-15-18(23(33)37-3)19(24(34)38-4)16(14-27)40-15/h15-19,36H,5-14H2,1-4H3. The lowest BCUT2D eigenvalue weighted by atomic mass is 9.88. The molecule has 40 heavy (non-hydrogen) atoms. The second-order valence-electron chi connectivity index (χ2n) is 10.9. The first-order valence-electron chi connectivity index (χ1n) is 14.1. The first-order valence-corrected chi connectivity index (χ1v) is 14.1. The molecule has 13 nitrogen and oxygen atoms in total. The molecule has 2 bridgehead atoms. The van der Waals surface area contributed by atoms with Gasteiger partial charge in [0, 0.05) is 32.5 Å². The lowest BCUT2D eigenvalue weighted by Crippen LogP contribution is -2.43. The van der Waals surface area contributed by atoms with Crippen molar-refractivity contribution in [3.63, 3.8) is 0 Å². The van der Waals surface area contributed by atoms with Gasteiger partial charge in [0.25, 0.3) is 5.56 Å². The molecular formula is C27H38N4O9. The van der Waals surface area contributed by atoms with E-state index in [0.29, 0.717) is 32.4 Å². The minimum Gasteiger partial charge on any atom is -0.469 e. The zero-order chi connectivity index (χ0) is 28.8. The molecule has 0 aliphatic carbocycles. The maximum absolute atomic E-state index is 13.9. The highest BCUT2D eigenvalue weighted by Gasteiger charge is 2.61. The number of ether oxygens (including phenoxy) is 4. The van der Waals surface area contributed by atoms with Crippen LogP contribution < -0.4 is 11.2 Å². The summed E-state index contributed by atoms with van der Waals surface area (Å²) in [5.74, 6) is -3.04. The van der Waals surface area contributed by atoms with Gasteiger partial charge in [0.15, 0.2) is 11.2 Å². The lowest BCUT2D eigenvalue weighted by Gasteiger charge is -2.38. The van der Waals surface area contributed by atoms with Gasteiger partial charge in [-0.2, -0.15) is 0 Å². The molecule has 5 atom stereocenters. The van der Waals surface area contributed by atoms with Gasteiger partial charge in [0.1, 0.15) is 17.7 Å². The summed E-state index contributed by atoms with van der Waals surface area (Å²) in [6.45, 7) is 4.88. The van der Waals surface area contributed by atoms with Crippen molar-refractivity contribution in [2.75, 3.05) is 20.8 Å². The topological polar surface area (TPSA) is 153 Å². The number of aryl methyl sites for hydroxylation is 1. The fraction of sp³-hybridized carbons (Fsp3) is 0.741. The molecule has 2 aromatic heterocycles. The maximum Gasteiger partial charge on any atom is 0.332 e. The van der Waals surface area contributed by atoms with Gasteiger partial charge in [-0.3, -0.25) is 28.1 Å². The van der Waals surface area contributed by atoms with Crippen molar-refractivity contribution in [1.29, 1.82) is 0 Å². The molecule has 0 radical (unpaired) electrons. The van der Waals surface area contributed by atoms with Crippen LogP contribution in [0.4, 0.5) is 0 Å². The smallest absolute Gasteiger partial charge is 0.332 e. The van der Waals surface area contributed by atoms with E-state index in [1.807, 2.05) is 13.8 Å². The Labute approximate surface area is 231 Å². The molecule has 5 rings (SSSR count). The average Bonchev–Trinajstić information content (AvgIpc) is 3.49. The third kappa shape index (κ3) is 4.47. The first kappa shape index (κ1) is 28.5.